The van der Waals surface area contributed by atoms with E-state index < -0.39 is 0 Å². The van der Waals surface area contributed by atoms with Crippen LogP contribution in [0.4, 0.5) is 28.7 Å². The van der Waals surface area contributed by atoms with E-state index in [1.54, 1.807) is 30.3 Å². The van der Waals surface area contributed by atoms with Gasteiger partial charge in [-0.1, -0.05) is 29.3 Å². The third kappa shape index (κ3) is 4.62. The van der Waals surface area contributed by atoms with E-state index in [-0.39, 0.29) is 5.91 Å². The molecule has 26 heavy (non-hydrogen) atoms. The number of hydrogen-bond donors (Lipinski definition) is 3. The van der Waals surface area contributed by atoms with Crippen molar-refractivity contribution in [1.29, 1.82) is 0 Å². The molecular formula is C18H15Cl2N5O. The molecule has 132 valence electrons. The molecule has 1 aromatic heterocycles. The fourth-order valence-electron chi connectivity index (χ4n) is 2.22. The Balaban J connectivity index is 1.73. The highest BCUT2D eigenvalue weighted by Crippen LogP contribution is 2.31. The van der Waals surface area contributed by atoms with Gasteiger partial charge in [-0.15, -0.1) is 0 Å². The Morgan fingerprint density at radius 1 is 0.923 bits per heavy atom. The van der Waals surface area contributed by atoms with Gasteiger partial charge in [0.15, 0.2) is 0 Å². The first-order chi connectivity index (χ1) is 12.5. The Bertz CT molecular complexity index is 931. The van der Waals surface area contributed by atoms with Crippen LogP contribution in [-0.4, -0.2) is 15.9 Å². The molecule has 1 amide bonds. The standard InChI is InChI=1S/C18H15Cl2N5O/c1-11(26)23-12-5-7-13(8-6-12)24-16-9-17(22-10-21-16)25-15-4-2-3-14(19)18(15)20/h2-10H,1H3,(H,23,26)(H2,21,22,24,25). The third-order valence-corrected chi connectivity index (χ3v) is 4.18. The van der Waals surface area contributed by atoms with Crippen molar-refractivity contribution in [3.63, 3.8) is 0 Å². The van der Waals surface area contributed by atoms with E-state index in [0.29, 0.717) is 27.4 Å². The average molecular weight is 388 g/mol. The monoisotopic (exact) mass is 387 g/mol. The second-order valence-corrected chi connectivity index (χ2v) is 6.18. The van der Waals surface area contributed by atoms with Gasteiger partial charge in [0.25, 0.3) is 0 Å². The van der Waals surface area contributed by atoms with Gasteiger partial charge in [-0.25, -0.2) is 9.97 Å². The molecule has 2 aromatic carbocycles. The Kier molecular flexibility index (Phi) is 5.55. The van der Waals surface area contributed by atoms with Crippen LogP contribution in [0.1, 0.15) is 6.92 Å². The molecule has 0 aliphatic heterocycles. The highest BCUT2D eigenvalue weighted by Gasteiger charge is 2.06. The summed E-state index contributed by atoms with van der Waals surface area (Å²) in [6.07, 6.45) is 1.44. The van der Waals surface area contributed by atoms with Crippen LogP contribution in [0.15, 0.2) is 54.9 Å². The van der Waals surface area contributed by atoms with Crippen molar-refractivity contribution in [3.8, 4) is 0 Å². The molecule has 0 aliphatic rings. The molecule has 3 N–H and O–H groups in total. The summed E-state index contributed by atoms with van der Waals surface area (Å²) >= 11 is 12.2. The van der Waals surface area contributed by atoms with E-state index in [1.165, 1.54) is 13.3 Å². The molecule has 6 nitrogen and oxygen atoms in total. The number of benzene rings is 2. The molecule has 0 fully saturated rings. The van der Waals surface area contributed by atoms with Gasteiger partial charge in [0.2, 0.25) is 5.91 Å². The normalized spacial score (nSPS) is 10.3. The topological polar surface area (TPSA) is 78.9 Å². The average Bonchev–Trinajstić information content (AvgIpc) is 2.61. The zero-order valence-electron chi connectivity index (χ0n) is 13.8. The summed E-state index contributed by atoms with van der Waals surface area (Å²) in [7, 11) is 0. The second-order valence-electron chi connectivity index (χ2n) is 5.40. The van der Waals surface area contributed by atoms with Gasteiger partial charge in [-0.05, 0) is 36.4 Å². The van der Waals surface area contributed by atoms with Crippen molar-refractivity contribution in [2.45, 2.75) is 6.92 Å². The number of anilines is 5. The van der Waals surface area contributed by atoms with E-state index in [2.05, 4.69) is 25.9 Å². The van der Waals surface area contributed by atoms with Crippen LogP contribution < -0.4 is 16.0 Å². The smallest absolute Gasteiger partial charge is 0.221 e. The van der Waals surface area contributed by atoms with Gasteiger partial charge in [0.1, 0.15) is 18.0 Å². The van der Waals surface area contributed by atoms with Crippen molar-refractivity contribution in [1.82, 2.24) is 9.97 Å². The van der Waals surface area contributed by atoms with Gasteiger partial charge in [0.05, 0.1) is 15.7 Å². The van der Waals surface area contributed by atoms with E-state index in [1.807, 2.05) is 18.2 Å². The summed E-state index contributed by atoms with van der Waals surface area (Å²) in [4.78, 5) is 19.4. The molecule has 0 saturated carbocycles. The van der Waals surface area contributed by atoms with E-state index in [0.717, 1.165) is 11.4 Å². The van der Waals surface area contributed by atoms with E-state index in [9.17, 15) is 4.79 Å². The predicted octanol–water partition coefficient (Wildman–Crippen LogP) is 5.23. The molecule has 1 heterocycles. The van der Waals surface area contributed by atoms with Crippen LogP contribution in [0.2, 0.25) is 10.0 Å². The Morgan fingerprint density at radius 2 is 1.58 bits per heavy atom. The Morgan fingerprint density at radius 3 is 2.27 bits per heavy atom. The molecule has 3 rings (SSSR count). The number of aromatic nitrogens is 2. The number of halogens is 2. The molecule has 0 bridgehead atoms. The zero-order chi connectivity index (χ0) is 18.5. The number of nitrogens with one attached hydrogen (secondary N) is 3. The fraction of sp³-hybridized carbons (Fsp3) is 0.0556. The first-order valence-electron chi connectivity index (χ1n) is 7.69. The minimum absolute atomic E-state index is 0.114. The van der Waals surface area contributed by atoms with Crippen molar-refractivity contribution in [2.24, 2.45) is 0 Å². The second kappa shape index (κ2) is 8.03. The van der Waals surface area contributed by atoms with Crippen molar-refractivity contribution in [3.05, 3.63) is 64.9 Å². The van der Waals surface area contributed by atoms with Crippen LogP contribution in [-0.2, 0) is 4.79 Å². The predicted molar refractivity (Wildman–Crippen MR) is 106 cm³/mol. The molecule has 0 spiro atoms. The van der Waals surface area contributed by atoms with E-state index >= 15 is 0 Å². The molecule has 3 aromatic rings. The molecule has 0 atom stereocenters. The highest BCUT2D eigenvalue weighted by molar-refractivity contribution is 6.43. The number of amides is 1. The van der Waals surface area contributed by atoms with Crippen molar-refractivity contribution in [2.75, 3.05) is 16.0 Å². The number of carbonyl (C=O) groups is 1. The summed E-state index contributed by atoms with van der Waals surface area (Å²) in [5, 5.41) is 9.89. The summed E-state index contributed by atoms with van der Waals surface area (Å²) in [5.41, 5.74) is 2.21. The lowest BCUT2D eigenvalue weighted by molar-refractivity contribution is -0.114. The SMILES string of the molecule is CC(=O)Nc1ccc(Nc2cc(Nc3cccc(Cl)c3Cl)ncn2)cc1. The Hall–Kier alpha value is -2.83. The van der Waals surface area contributed by atoms with Gasteiger partial charge in [-0.3, -0.25) is 4.79 Å². The first kappa shape index (κ1) is 18.0. The quantitative estimate of drug-likeness (QED) is 0.558. The molecule has 0 radical (unpaired) electrons. The number of nitrogens with zero attached hydrogens (tertiary/aromatic N) is 2. The minimum Gasteiger partial charge on any atom is -0.340 e. The molecule has 0 unspecified atom stereocenters. The van der Waals surface area contributed by atoms with Gasteiger partial charge < -0.3 is 16.0 Å². The van der Waals surface area contributed by atoms with Gasteiger partial charge >= 0.3 is 0 Å². The number of rotatable bonds is 5. The highest BCUT2D eigenvalue weighted by atomic mass is 35.5. The molecule has 0 aliphatic carbocycles. The third-order valence-electron chi connectivity index (χ3n) is 3.36. The fourth-order valence-corrected chi connectivity index (χ4v) is 2.57. The lowest BCUT2D eigenvalue weighted by Gasteiger charge is -2.11. The van der Waals surface area contributed by atoms with Crippen LogP contribution in [0.25, 0.3) is 0 Å². The number of carbonyl (C=O) groups excluding carboxylic acids is 1. The zero-order valence-corrected chi connectivity index (χ0v) is 15.3. The summed E-state index contributed by atoms with van der Waals surface area (Å²) in [6, 6.07) is 14.4. The maximum atomic E-state index is 11.1. The van der Waals surface area contributed by atoms with Crippen LogP contribution in [0.5, 0.6) is 0 Å². The largest absolute Gasteiger partial charge is 0.340 e. The maximum Gasteiger partial charge on any atom is 0.221 e. The van der Waals surface area contributed by atoms with Gasteiger partial charge in [0, 0.05) is 24.4 Å². The summed E-state index contributed by atoms with van der Waals surface area (Å²) in [6.45, 7) is 1.47. The van der Waals surface area contributed by atoms with Crippen LogP contribution in [0, 0.1) is 0 Å². The molecule has 8 heteroatoms. The Labute approximate surface area is 160 Å². The lowest BCUT2D eigenvalue weighted by Crippen LogP contribution is -2.05. The molecule has 0 saturated heterocycles. The van der Waals surface area contributed by atoms with Crippen LogP contribution >= 0.6 is 23.2 Å². The van der Waals surface area contributed by atoms with Crippen molar-refractivity contribution < 1.29 is 4.79 Å². The summed E-state index contributed by atoms with van der Waals surface area (Å²) in [5.74, 6) is 1.06. The van der Waals surface area contributed by atoms with Crippen molar-refractivity contribution >= 4 is 57.8 Å². The minimum atomic E-state index is -0.114. The van der Waals surface area contributed by atoms with Gasteiger partial charge in [-0.2, -0.15) is 0 Å². The lowest BCUT2D eigenvalue weighted by atomic mass is 10.2. The number of hydrogen-bond acceptors (Lipinski definition) is 5. The summed E-state index contributed by atoms with van der Waals surface area (Å²) < 4.78 is 0. The maximum absolute atomic E-state index is 11.1. The van der Waals surface area contributed by atoms with E-state index in [4.69, 9.17) is 23.2 Å². The first-order valence-corrected chi connectivity index (χ1v) is 8.44. The van der Waals surface area contributed by atoms with Crippen LogP contribution in [0.3, 0.4) is 0 Å². The molecular weight excluding hydrogens is 373 g/mol.